The lowest BCUT2D eigenvalue weighted by Crippen LogP contribution is -2.41. The van der Waals surface area contributed by atoms with Gasteiger partial charge < -0.3 is 30.8 Å². The summed E-state index contributed by atoms with van der Waals surface area (Å²) >= 11 is 0. The van der Waals surface area contributed by atoms with E-state index in [4.69, 9.17) is 25.5 Å². The van der Waals surface area contributed by atoms with E-state index in [1.54, 1.807) is 6.08 Å². The molecular weight excluding hydrogens is 397 g/mol. The first-order chi connectivity index (χ1) is 14.6. The number of rotatable bonds is 6. The van der Waals surface area contributed by atoms with Gasteiger partial charge >= 0.3 is 13.2 Å². The fourth-order valence-electron chi connectivity index (χ4n) is 2.83. The Bertz CT molecular complexity index is 949. The summed E-state index contributed by atoms with van der Waals surface area (Å²) in [7, 11) is -0.694. The second-order valence-corrected chi connectivity index (χ2v) is 8.29. The maximum absolute atomic E-state index is 12.2. The summed E-state index contributed by atoms with van der Waals surface area (Å²) in [5, 5.41) is 2.74. The Morgan fingerprint density at radius 2 is 1.77 bits per heavy atom. The van der Waals surface area contributed by atoms with E-state index < -0.39 is 24.4 Å². The van der Waals surface area contributed by atoms with E-state index in [9.17, 15) is 4.79 Å². The number of aromatic nitrogens is 2. The summed E-state index contributed by atoms with van der Waals surface area (Å²) in [4.78, 5) is 20.5. The number of hydrogen-bond donors (Lipinski definition) is 3. The van der Waals surface area contributed by atoms with Gasteiger partial charge in [0.15, 0.2) is 11.6 Å². The number of nitrogens with zero attached hydrogens (tertiary/aromatic N) is 2. The van der Waals surface area contributed by atoms with Crippen LogP contribution in [0.1, 0.15) is 39.0 Å². The highest BCUT2D eigenvalue weighted by molar-refractivity contribution is 6.56. The van der Waals surface area contributed by atoms with Gasteiger partial charge in [0.05, 0.1) is 23.1 Å². The highest BCUT2D eigenvalue weighted by atomic mass is 16.7. The maximum Gasteiger partial charge on any atom is 0.492 e. The van der Waals surface area contributed by atoms with Crippen molar-refractivity contribution in [2.24, 2.45) is 0 Å². The molecule has 31 heavy (non-hydrogen) atoms. The van der Waals surface area contributed by atoms with Gasteiger partial charge in [-0.15, -0.1) is 0 Å². The summed E-state index contributed by atoms with van der Waals surface area (Å²) < 4.78 is 17.5. The van der Waals surface area contributed by atoms with Crippen LogP contribution >= 0.6 is 0 Å². The molecule has 0 bridgehead atoms. The lowest BCUT2D eigenvalue weighted by atomic mass is 9.77. The van der Waals surface area contributed by atoms with Crippen LogP contribution in [0.5, 0.6) is 0 Å². The lowest BCUT2D eigenvalue weighted by Gasteiger charge is -2.32. The van der Waals surface area contributed by atoms with Crippen molar-refractivity contribution in [3.05, 3.63) is 53.3 Å². The molecule has 1 saturated heterocycles. The number of benzene rings is 1. The van der Waals surface area contributed by atoms with Gasteiger partial charge in [0.25, 0.3) is 0 Å². The van der Waals surface area contributed by atoms with Crippen LogP contribution in [0, 0.1) is 0 Å². The minimum absolute atomic E-state index is 0.121. The van der Waals surface area contributed by atoms with Crippen LogP contribution in [0.3, 0.4) is 0 Å². The number of hydrogen-bond acceptors (Lipinski definition) is 8. The van der Waals surface area contributed by atoms with E-state index in [1.165, 1.54) is 6.20 Å². The second-order valence-electron chi connectivity index (χ2n) is 8.29. The number of nitrogen functional groups attached to an aromatic ring is 2. The SMILES string of the molecule is CC1(C)OB(C(=Cc2cnc(N)c(N)n2)CNC(=O)OCc2ccccc2)OC1(C)C. The molecule has 1 aliphatic heterocycles. The van der Waals surface area contributed by atoms with E-state index in [1.807, 2.05) is 58.0 Å². The van der Waals surface area contributed by atoms with Gasteiger partial charge in [0.1, 0.15) is 6.61 Å². The van der Waals surface area contributed by atoms with Crippen LogP contribution in [-0.2, 0) is 20.7 Å². The number of nitrogens with one attached hydrogen (secondary N) is 1. The Morgan fingerprint density at radius 1 is 1.13 bits per heavy atom. The molecule has 0 saturated carbocycles. The molecule has 164 valence electrons. The number of carbonyl (C=O) groups is 1. The Hall–Kier alpha value is -3.11. The average Bonchev–Trinajstić information content (AvgIpc) is 2.94. The van der Waals surface area contributed by atoms with Gasteiger partial charge in [-0.05, 0) is 44.8 Å². The molecule has 5 N–H and O–H groups in total. The summed E-state index contributed by atoms with van der Waals surface area (Å²) in [6.45, 7) is 8.10. The lowest BCUT2D eigenvalue weighted by molar-refractivity contribution is 0.00578. The van der Waals surface area contributed by atoms with Crippen LogP contribution in [0.15, 0.2) is 42.0 Å². The minimum Gasteiger partial charge on any atom is -0.445 e. The molecule has 2 aromatic rings. The van der Waals surface area contributed by atoms with Crippen molar-refractivity contribution in [3.8, 4) is 0 Å². The van der Waals surface area contributed by atoms with E-state index in [0.29, 0.717) is 11.2 Å². The third-order valence-corrected chi connectivity index (χ3v) is 5.39. The molecule has 3 rings (SSSR count). The summed E-state index contributed by atoms with van der Waals surface area (Å²) in [5.74, 6) is 0.272. The zero-order chi connectivity index (χ0) is 22.6. The van der Waals surface area contributed by atoms with Gasteiger partial charge in [-0.2, -0.15) is 0 Å². The quantitative estimate of drug-likeness (QED) is 0.601. The normalized spacial score (nSPS) is 17.4. The van der Waals surface area contributed by atoms with Crippen molar-refractivity contribution < 1.29 is 18.8 Å². The molecular formula is C21H28BN5O4. The molecule has 1 aromatic carbocycles. The van der Waals surface area contributed by atoms with Crippen molar-refractivity contribution in [3.63, 3.8) is 0 Å². The molecule has 2 heterocycles. The van der Waals surface area contributed by atoms with Crippen LogP contribution in [-0.4, -0.2) is 40.9 Å². The predicted octanol–water partition coefficient (Wildman–Crippen LogP) is 2.58. The van der Waals surface area contributed by atoms with Crippen LogP contribution in [0.25, 0.3) is 6.08 Å². The molecule has 10 heteroatoms. The number of alkyl carbamates (subject to hydrolysis) is 1. The first-order valence-electron chi connectivity index (χ1n) is 9.96. The number of nitrogens with two attached hydrogens (primary N) is 2. The zero-order valence-electron chi connectivity index (χ0n) is 18.2. The van der Waals surface area contributed by atoms with Crippen LogP contribution < -0.4 is 16.8 Å². The fourth-order valence-corrected chi connectivity index (χ4v) is 2.83. The molecule has 0 atom stereocenters. The van der Waals surface area contributed by atoms with Gasteiger partial charge in [-0.25, -0.2) is 14.8 Å². The molecule has 1 amide bonds. The molecule has 9 nitrogen and oxygen atoms in total. The monoisotopic (exact) mass is 425 g/mol. The van der Waals surface area contributed by atoms with Gasteiger partial charge in [-0.1, -0.05) is 30.3 Å². The van der Waals surface area contributed by atoms with Gasteiger partial charge in [0, 0.05) is 6.54 Å². The topological polar surface area (TPSA) is 135 Å². The molecule has 1 fully saturated rings. The molecule has 0 aliphatic carbocycles. The number of carbonyl (C=O) groups excluding carboxylic acids is 1. The Morgan fingerprint density at radius 3 is 2.39 bits per heavy atom. The highest BCUT2D eigenvalue weighted by Crippen LogP contribution is 2.38. The zero-order valence-corrected chi connectivity index (χ0v) is 18.2. The standard InChI is InChI=1S/C21H28BN5O4/c1-20(2)21(3,4)31-22(30-20)15(10-16-12-25-17(23)18(24)27-16)11-26-19(28)29-13-14-8-6-5-7-9-14/h5-10,12H,11,13H2,1-4H3,(H2,23,25)(H2,24,27)(H,26,28). The molecule has 0 spiro atoms. The molecule has 1 aromatic heterocycles. The molecule has 0 unspecified atom stereocenters. The minimum atomic E-state index is -0.694. The van der Waals surface area contributed by atoms with E-state index in [2.05, 4.69) is 15.3 Å². The van der Waals surface area contributed by atoms with Gasteiger partial charge in [0.2, 0.25) is 0 Å². The third-order valence-electron chi connectivity index (χ3n) is 5.39. The first-order valence-corrected chi connectivity index (χ1v) is 9.96. The second kappa shape index (κ2) is 8.95. The fraction of sp³-hybridized carbons (Fsp3) is 0.381. The van der Waals surface area contributed by atoms with Crippen LogP contribution in [0.2, 0.25) is 0 Å². The number of anilines is 2. The van der Waals surface area contributed by atoms with Gasteiger partial charge in [-0.3, -0.25) is 0 Å². The first kappa shape index (κ1) is 22.6. The van der Waals surface area contributed by atoms with E-state index in [-0.39, 0.29) is 24.8 Å². The molecule has 0 radical (unpaired) electrons. The smallest absolute Gasteiger partial charge is 0.445 e. The Balaban J connectivity index is 1.73. The average molecular weight is 425 g/mol. The van der Waals surface area contributed by atoms with Crippen molar-refractivity contribution >= 4 is 30.9 Å². The molecule has 1 aliphatic rings. The largest absolute Gasteiger partial charge is 0.492 e. The number of amides is 1. The summed E-state index contributed by atoms with van der Waals surface area (Å²) in [6, 6.07) is 9.43. The Labute approximate surface area is 182 Å². The highest BCUT2D eigenvalue weighted by Gasteiger charge is 2.52. The summed E-state index contributed by atoms with van der Waals surface area (Å²) in [6.07, 6.45) is 2.64. The summed E-state index contributed by atoms with van der Waals surface area (Å²) in [5.41, 5.74) is 12.3. The van der Waals surface area contributed by atoms with E-state index >= 15 is 0 Å². The van der Waals surface area contributed by atoms with Crippen molar-refractivity contribution in [1.29, 1.82) is 0 Å². The van der Waals surface area contributed by atoms with E-state index in [0.717, 1.165) is 5.56 Å². The van der Waals surface area contributed by atoms with Crippen molar-refractivity contribution in [2.45, 2.75) is 45.5 Å². The number of ether oxygens (including phenoxy) is 1. The van der Waals surface area contributed by atoms with Crippen molar-refractivity contribution in [1.82, 2.24) is 15.3 Å². The van der Waals surface area contributed by atoms with Crippen molar-refractivity contribution in [2.75, 3.05) is 18.0 Å². The third kappa shape index (κ3) is 5.53. The van der Waals surface area contributed by atoms with Crippen LogP contribution in [0.4, 0.5) is 16.4 Å². The predicted molar refractivity (Wildman–Crippen MR) is 120 cm³/mol. The maximum atomic E-state index is 12.2. The Kier molecular flexibility index (Phi) is 6.52.